The van der Waals surface area contributed by atoms with E-state index in [1.807, 2.05) is 59.6 Å². The summed E-state index contributed by atoms with van der Waals surface area (Å²) >= 11 is 1.50. The molecule has 8 heteroatoms. The molecule has 1 amide bonds. The van der Waals surface area contributed by atoms with Crippen LogP contribution in [0.15, 0.2) is 66.6 Å². The molecule has 0 aliphatic heterocycles. The van der Waals surface area contributed by atoms with E-state index in [2.05, 4.69) is 20.3 Å². The van der Waals surface area contributed by atoms with Crippen molar-refractivity contribution >= 4 is 17.2 Å². The van der Waals surface area contributed by atoms with Crippen molar-refractivity contribution in [1.29, 1.82) is 0 Å². The standard InChI is InChI=1S/C22H21N5O2S/c1-27-10-9-24-21(27)20(15-5-3-7-18(11-15)29-2)26-19(28)12-17-14-30-22(25-17)16-6-4-8-23-13-16/h3-11,13-14,20H,12H2,1-2H3,(H,26,28). The summed E-state index contributed by atoms with van der Waals surface area (Å²) in [7, 11) is 3.53. The molecule has 0 spiro atoms. The number of pyridine rings is 1. The lowest BCUT2D eigenvalue weighted by molar-refractivity contribution is -0.121. The number of nitrogens with one attached hydrogen (secondary N) is 1. The molecule has 0 saturated carbocycles. The van der Waals surface area contributed by atoms with Crippen molar-refractivity contribution in [1.82, 2.24) is 24.8 Å². The number of aromatic nitrogens is 4. The molecule has 3 aromatic heterocycles. The second-order valence-electron chi connectivity index (χ2n) is 6.74. The van der Waals surface area contributed by atoms with Gasteiger partial charge in [0.05, 0.1) is 19.2 Å². The average molecular weight is 420 g/mol. The van der Waals surface area contributed by atoms with E-state index in [0.717, 1.165) is 33.4 Å². The highest BCUT2D eigenvalue weighted by Crippen LogP contribution is 2.25. The summed E-state index contributed by atoms with van der Waals surface area (Å²) in [6, 6.07) is 11.1. The maximum absolute atomic E-state index is 12.9. The molecule has 0 aliphatic rings. The minimum Gasteiger partial charge on any atom is -0.497 e. The monoisotopic (exact) mass is 419 g/mol. The molecule has 0 saturated heterocycles. The fourth-order valence-electron chi connectivity index (χ4n) is 3.16. The van der Waals surface area contributed by atoms with Crippen molar-refractivity contribution in [2.75, 3.05) is 7.11 Å². The number of amides is 1. The largest absolute Gasteiger partial charge is 0.497 e. The summed E-state index contributed by atoms with van der Waals surface area (Å²) in [4.78, 5) is 26.0. The minimum atomic E-state index is -0.399. The van der Waals surface area contributed by atoms with Crippen LogP contribution in [0.2, 0.25) is 0 Å². The van der Waals surface area contributed by atoms with Gasteiger partial charge < -0.3 is 14.6 Å². The van der Waals surface area contributed by atoms with Gasteiger partial charge in [-0.1, -0.05) is 12.1 Å². The predicted octanol–water partition coefficient (Wildman–Crippen LogP) is 3.40. The number of imidazole rings is 1. The number of benzene rings is 1. The Morgan fingerprint density at radius 2 is 2.17 bits per heavy atom. The summed E-state index contributed by atoms with van der Waals surface area (Å²) in [6.45, 7) is 0. The molecule has 30 heavy (non-hydrogen) atoms. The Morgan fingerprint density at radius 3 is 2.90 bits per heavy atom. The van der Waals surface area contributed by atoms with Gasteiger partial charge in [-0.05, 0) is 29.8 Å². The molecule has 7 nitrogen and oxygen atoms in total. The summed E-state index contributed by atoms with van der Waals surface area (Å²) < 4.78 is 7.24. The number of hydrogen-bond donors (Lipinski definition) is 1. The third-order valence-corrected chi connectivity index (χ3v) is 5.59. The number of thiazole rings is 1. The van der Waals surface area contributed by atoms with Gasteiger partial charge in [0.2, 0.25) is 5.91 Å². The van der Waals surface area contributed by atoms with E-state index in [0.29, 0.717) is 0 Å². The topological polar surface area (TPSA) is 81.9 Å². The number of aryl methyl sites for hydroxylation is 1. The van der Waals surface area contributed by atoms with Gasteiger partial charge in [0, 0.05) is 42.8 Å². The molecule has 152 valence electrons. The van der Waals surface area contributed by atoms with Crippen LogP contribution in [0.5, 0.6) is 5.75 Å². The van der Waals surface area contributed by atoms with Crippen molar-refractivity contribution < 1.29 is 9.53 Å². The Balaban J connectivity index is 1.54. The number of ether oxygens (including phenoxy) is 1. The first-order chi connectivity index (χ1) is 14.6. The van der Waals surface area contributed by atoms with Crippen LogP contribution in [0.1, 0.15) is 23.1 Å². The fraction of sp³-hybridized carbons (Fsp3) is 0.182. The zero-order valence-corrected chi connectivity index (χ0v) is 17.5. The maximum Gasteiger partial charge on any atom is 0.226 e. The Morgan fingerprint density at radius 1 is 1.27 bits per heavy atom. The molecular formula is C22H21N5O2S. The fourth-order valence-corrected chi connectivity index (χ4v) is 3.97. The van der Waals surface area contributed by atoms with Crippen molar-refractivity contribution in [3.05, 3.63) is 83.6 Å². The second kappa shape index (κ2) is 8.87. The van der Waals surface area contributed by atoms with Crippen LogP contribution in [-0.2, 0) is 18.3 Å². The lowest BCUT2D eigenvalue weighted by Crippen LogP contribution is -2.32. The highest BCUT2D eigenvalue weighted by Gasteiger charge is 2.22. The van der Waals surface area contributed by atoms with Gasteiger partial charge in [0.25, 0.3) is 0 Å². The summed E-state index contributed by atoms with van der Waals surface area (Å²) in [6.07, 6.45) is 7.25. The molecule has 0 aliphatic carbocycles. The first-order valence-electron chi connectivity index (χ1n) is 9.39. The van der Waals surface area contributed by atoms with E-state index < -0.39 is 6.04 Å². The van der Waals surface area contributed by atoms with Crippen molar-refractivity contribution in [2.24, 2.45) is 7.05 Å². The summed E-state index contributed by atoms with van der Waals surface area (Å²) in [5, 5.41) is 5.85. The van der Waals surface area contributed by atoms with Gasteiger partial charge >= 0.3 is 0 Å². The Bertz CT molecular complexity index is 1140. The quantitative estimate of drug-likeness (QED) is 0.497. The molecule has 1 atom stereocenters. The van der Waals surface area contributed by atoms with Crippen LogP contribution in [-0.4, -0.2) is 32.5 Å². The molecule has 0 fully saturated rings. The molecule has 0 bridgehead atoms. The smallest absolute Gasteiger partial charge is 0.226 e. The van der Waals surface area contributed by atoms with Gasteiger partial charge in [-0.25, -0.2) is 9.97 Å². The third kappa shape index (κ3) is 4.38. The van der Waals surface area contributed by atoms with Crippen LogP contribution >= 0.6 is 11.3 Å². The number of carbonyl (C=O) groups excluding carboxylic acids is 1. The first-order valence-corrected chi connectivity index (χ1v) is 10.3. The molecule has 1 aromatic carbocycles. The zero-order chi connectivity index (χ0) is 20.9. The predicted molar refractivity (Wildman–Crippen MR) is 115 cm³/mol. The molecule has 1 N–H and O–H groups in total. The normalized spacial score (nSPS) is 11.8. The minimum absolute atomic E-state index is 0.131. The molecule has 4 aromatic rings. The Kier molecular flexibility index (Phi) is 5.85. The second-order valence-corrected chi connectivity index (χ2v) is 7.59. The lowest BCUT2D eigenvalue weighted by Gasteiger charge is -2.19. The average Bonchev–Trinajstić information content (AvgIpc) is 3.41. The van der Waals surface area contributed by atoms with Crippen molar-refractivity contribution in [2.45, 2.75) is 12.5 Å². The van der Waals surface area contributed by atoms with Crippen LogP contribution in [0, 0.1) is 0 Å². The molecular weight excluding hydrogens is 398 g/mol. The number of methoxy groups -OCH3 is 1. The Hall–Kier alpha value is -3.52. The first kappa shape index (κ1) is 19.8. The molecule has 0 radical (unpaired) electrons. The summed E-state index contributed by atoms with van der Waals surface area (Å²) in [5.41, 5.74) is 2.56. The van der Waals surface area contributed by atoms with Crippen molar-refractivity contribution in [3.63, 3.8) is 0 Å². The van der Waals surface area contributed by atoms with Gasteiger partial charge in [0.15, 0.2) is 0 Å². The van der Waals surface area contributed by atoms with Gasteiger partial charge in [-0.15, -0.1) is 11.3 Å². The van der Waals surface area contributed by atoms with Crippen molar-refractivity contribution in [3.8, 4) is 16.3 Å². The van der Waals surface area contributed by atoms with Gasteiger partial charge in [0.1, 0.15) is 22.6 Å². The van der Waals surface area contributed by atoms with E-state index in [1.54, 1.807) is 25.7 Å². The van der Waals surface area contributed by atoms with E-state index >= 15 is 0 Å². The number of hydrogen-bond acceptors (Lipinski definition) is 6. The number of nitrogens with zero attached hydrogens (tertiary/aromatic N) is 4. The molecule has 1 unspecified atom stereocenters. The van der Waals surface area contributed by atoms with E-state index in [4.69, 9.17) is 4.74 Å². The highest BCUT2D eigenvalue weighted by molar-refractivity contribution is 7.13. The summed E-state index contributed by atoms with van der Waals surface area (Å²) in [5.74, 6) is 1.33. The Labute approximate surface area is 178 Å². The third-order valence-electron chi connectivity index (χ3n) is 4.65. The number of carbonyl (C=O) groups is 1. The van der Waals surface area contributed by atoms with E-state index in [9.17, 15) is 4.79 Å². The highest BCUT2D eigenvalue weighted by atomic mass is 32.1. The van der Waals surface area contributed by atoms with Crippen LogP contribution in [0.3, 0.4) is 0 Å². The maximum atomic E-state index is 12.9. The van der Waals surface area contributed by atoms with E-state index in [-0.39, 0.29) is 12.3 Å². The lowest BCUT2D eigenvalue weighted by atomic mass is 10.1. The van der Waals surface area contributed by atoms with Crippen LogP contribution in [0.4, 0.5) is 0 Å². The van der Waals surface area contributed by atoms with Crippen LogP contribution < -0.4 is 10.1 Å². The van der Waals surface area contributed by atoms with Crippen LogP contribution in [0.25, 0.3) is 10.6 Å². The van der Waals surface area contributed by atoms with E-state index in [1.165, 1.54) is 11.3 Å². The van der Waals surface area contributed by atoms with Gasteiger partial charge in [-0.3, -0.25) is 9.78 Å². The molecule has 4 rings (SSSR count). The van der Waals surface area contributed by atoms with Gasteiger partial charge in [-0.2, -0.15) is 0 Å². The zero-order valence-electron chi connectivity index (χ0n) is 16.6. The number of rotatable bonds is 7. The molecule has 3 heterocycles. The SMILES string of the molecule is COc1cccc(C(NC(=O)Cc2csc(-c3cccnc3)n2)c2nccn2C)c1.